The molecule has 0 aliphatic heterocycles. The van der Waals surface area contributed by atoms with Crippen LogP contribution in [-0.2, 0) is 0 Å². The van der Waals surface area contributed by atoms with E-state index in [0.717, 1.165) is 6.42 Å². The highest BCUT2D eigenvalue weighted by Crippen LogP contribution is 2.21. The summed E-state index contributed by atoms with van der Waals surface area (Å²) >= 11 is 0. The highest BCUT2D eigenvalue weighted by atomic mass is 16.4. The van der Waals surface area contributed by atoms with Crippen LogP contribution in [0.25, 0.3) is 0 Å². The Morgan fingerprint density at radius 2 is 1.90 bits per heavy atom. The second-order valence-electron chi connectivity index (χ2n) is 5.73. The van der Waals surface area contributed by atoms with Crippen LogP contribution < -0.4 is 10.6 Å². The van der Waals surface area contributed by atoms with Gasteiger partial charge in [0.1, 0.15) is 11.3 Å². The lowest BCUT2D eigenvalue weighted by atomic mass is 9.92. The summed E-state index contributed by atoms with van der Waals surface area (Å²) in [5.41, 5.74) is 0.188. The lowest BCUT2D eigenvalue weighted by molar-refractivity contribution is 0.0693. The Morgan fingerprint density at radius 1 is 1.25 bits per heavy atom. The normalized spacial score (nSPS) is 10.9. The SMILES string of the molecule is CC(C)(C)CCNC(=O)Nc1ccc(O)c(C(=O)O)c1. The summed E-state index contributed by atoms with van der Waals surface area (Å²) in [5.74, 6) is -1.59. The van der Waals surface area contributed by atoms with Crippen LogP contribution >= 0.6 is 0 Å². The molecule has 20 heavy (non-hydrogen) atoms. The second-order valence-corrected chi connectivity index (χ2v) is 5.73. The number of aromatic hydroxyl groups is 1. The molecule has 0 saturated heterocycles. The first-order valence-electron chi connectivity index (χ1n) is 6.30. The Hall–Kier alpha value is -2.24. The molecule has 0 aliphatic carbocycles. The van der Waals surface area contributed by atoms with Gasteiger partial charge in [0, 0.05) is 12.2 Å². The van der Waals surface area contributed by atoms with Crippen molar-refractivity contribution in [2.24, 2.45) is 5.41 Å². The van der Waals surface area contributed by atoms with Crippen molar-refractivity contribution in [3.8, 4) is 5.75 Å². The first-order chi connectivity index (χ1) is 9.19. The van der Waals surface area contributed by atoms with Crippen molar-refractivity contribution in [2.45, 2.75) is 27.2 Å². The molecule has 110 valence electrons. The first-order valence-corrected chi connectivity index (χ1v) is 6.30. The minimum atomic E-state index is -1.25. The van der Waals surface area contributed by atoms with E-state index in [2.05, 4.69) is 31.4 Å². The predicted molar refractivity (Wildman–Crippen MR) is 76.2 cm³/mol. The highest BCUT2D eigenvalue weighted by molar-refractivity contribution is 5.95. The van der Waals surface area contributed by atoms with Crippen LogP contribution in [0.3, 0.4) is 0 Å². The number of carboxylic acids is 1. The van der Waals surface area contributed by atoms with Crippen molar-refractivity contribution >= 4 is 17.7 Å². The molecule has 0 bridgehead atoms. The molecule has 0 fully saturated rings. The quantitative estimate of drug-likeness (QED) is 0.637. The zero-order valence-electron chi connectivity index (χ0n) is 11.9. The number of carboxylic acid groups (broad SMARTS) is 1. The lowest BCUT2D eigenvalue weighted by Crippen LogP contribution is -2.31. The van der Waals surface area contributed by atoms with Gasteiger partial charge >= 0.3 is 12.0 Å². The van der Waals surface area contributed by atoms with Crippen LogP contribution in [-0.4, -0.2) is 28.8 Å². The topological polar surface area (TPSA) is 98.7 Å². The number of phenols is 1. The molecule has 0 aromatic heterocycles. The molecule has 0 radical (unpaired) electrons. The van der Waals surface area contributed by atoms with E-state index in [1.807, 2.05) is 0 Å². The summed E-state index contributed by atoms with van der Waals surface area (Å²) in [4.78, 5) is 22.5. The average molecular weight is 280 g/mol. The molecule has 2 amide bonds. The summed E-state index contributed by atoms with van der Waals surface area (Å²) in [6, 6.07) is 3.47. The van der Waals surface area contributed by atoms with E-state index in [1.54, 1.807) is 0 Å². The number of nitrogens with one attached hydrogen (secondary N) is 2. The Labute approximate surface area is 117 Å². The third kappa shape index (κ3) is 5.17. The maximum Gasteiger partial charge on any atom is 0.339 e. The van der Waals surface area contributed by atoms with Crippen LogP contribution in [0.5, 0.6) is 5.75 Å². The number of hydrogen-bond donors (Lipinski definition) is 4. The molecular weight excluding hydrogens is 260 g/mol. The predicted octanol–water partition coefficient (Wildman–Crippen LogP) is 2.65. The average Bonchev–Trinajstić information content (AvgIpc) is 2.29. The summed E-state index contributed by atoms with van der Waals surface area (Å²) in [6.07, 6.45) is 0.830. The number of anilines is 1. The molecule has 0 spiro atoms. The van der Waals surface area contributed by atoms with Gasteiger partial charge in [-0.3, -0.25) is 0 Å². The van der Waals surface area contributed by atoms with Gasteiger partial charge in [-0.1, -0.05) is 20.8 Å². The van der Waals surface area contributed by atoms with E-state index in [9.17, 15) is 14.7 Å². The number of hydrogen-bond acceptors (Lipinski definition) is 3. The van der Waals surface area contributed by atoms with Crippen LogP contribution in [0.4, 0.5) is 10.5 Å². The van der Waals surface area contributed by atoms with Gasteiger partial charge in [-0.2, -0.15) is 0 Å². The minimum absolute atomic E-state index is 0.127. The molecule has 0 aliphatic rings. The standard InChI is InChI=1S/C14H20N2O4/c1-14(2,3)6-7-15-13(20)16-9-4-5-11(17)10(8-9)12(18)19/h4-5,8,17H,6-7H2,1-3H3,(H,18,19)(H2,15,16,20). The van der Waals surface area contributed by atoms with Gasteiger partial charge in [-0.05, 0) is 30.0 Å². The number of carbonyl (C=O) groups excluding carboxylic acids is 1. The van der Waals surface area contributed by atoms with Crippen LogP contribution in [0.2, 0.25) is 0 Å². The lowest BCUT2D eigenvalue weighted by Gasteiger charge is -2.18. The van der Waals surface area contributed by atoms with Crippen molar-refractivity contribution in [2.75, 3.05) is 11.9 Å². The van der Waals surface area contributed by atoms with Gasteiger partial charge in [0.2, 0.25) is 0 Å². The summed E-state index contributed by atoms with van der Waals surface area (Å²) in [6.45, 7) is 6.75. The maximum atomic E-state index is 11.6. The smallest absolute Gasteiger partial charge is 0.339 e. The largest absolute Gasteiger partial charge is 0.507 e. The van der Waals surface area contributed by atoms with Gasteiger partial charge in [-0.15, -0.1) is 0 Å². The maximum absolute atomic E-state index is 11.6. The Kier molecular flexibility index (Phi) is 4.96. The number of rotatable bonds is 4. The Morgan fingerprint density at radius 3 is 2.45 bits per heavy atom. The fourth-order valence-corrected chi connectivity index (χ4v) is 1.51. The van der Waals surface area contributed by atoms with Crippen molar-refractivity contribution in [3.63, 3.8) is 0 Å². The molecule has 1 rings (SSSR count). The Balaban J connectivity index is 2.58. The van der Waals surface area contributed by atoms with Crippen LogP contribution in [0, 0.1) is 5.41 Å². The fourth-order valence-electron chi connectivity index (χ4n) is 1.51. The van der Waals surface area contributed by atoms with Gasteiger partial charge < -0.3 is 20.8 Å². The van der Waals surface area contributed by atoms with E-state index in [4.69, 9.17) is 5.11 Å². The third-order valence-corrected chi connectivity index (χ3v) is 2.65. The van der Waals surface area contributed by atoms with E-state index in [-0.39, 0.29) is 16.7 Å². The number of urea groups is 1. The zero-order chi connectivity index (χ0) is 15.3. The van der Waals surface area contributed by atoms with Crippen molar-refractivity contribution < 1.29 is 19.8 Å². The summed E-state index contributed by atoms with van der Waals surface area (Å²) < 4.78 is 0. The van der Waals surface area contributed by atoms with E-state index < -0.39 is 12.0 Å². The molecule has 6 nitrogen and oxygen atoms in total. The van der Waals surface area contributed by atoms with Gasteiger partial charge in [0.05, 0.1) is 0 Å². The van der Waals surface area contributed by atoms with Crippen LogP contribution in [0.15, 0.2) is 18.2 Å². The Bertz CT molecular complexity index is 506. The van der Waals surface area contributed by atoms with Crippen molar-refractivity contribution in [1.82, 2.24) is 5.32 Å². The molecule has 1 aromatic carbocycles. The third-order valence-electron chi connectivity index (χ3n) is 2.65. The van der Waals surface area contributed by atoms with E-state index >= 15 is 0 Å². The molecule has 0 atom stereocenters. The fraction of sp³-hybridized carbons (Fsp3) is 0.429. The number of amides is 2. The summed E-state index contributed by atoms with van der Waals surface area (Å²) in [5, 5.41) is 23.4. The second kappa shape index (κ2) is 6.27. The molecule has 0 saturated carbocycles. The molecular formula is C14H20N2O4. The minimum Gasteiger partial charge on any atom is -0.507 e. The number of benzene rings is 1. The monoisotopic (exact) mass is 280 g/mol. The summed E-state index contributed by atoms with van der Waals surface area (Å²) in [7, 11) is 0. The van der Waals surface area contributed by atoms with Crippen molar-refractivity contribution in [1.29, 1.82) is 0 Å². The molecule has 0 unspecified atom stereocenters. The first kappa shape index (κ1) is 15.8. The number of carbonyl (C=O) groups is 2. The van der Waals surface area contributed by atoms with Gasteiger partial charge in [-0.25, -0.2) is 9.59 Å². The van der Waals surface area contributed by atoms with E-state index in [0.29, 0.717) is 12.2 Å². The van der Waals surface area contributed by atoms with Gasteiger partial charge in [0.25, 0.3) is 0 Å². The van der Waals surface area contributed by atoms with Crippen LogP contribution in [0.1, 0.15) is 37.6 Å². The molecule has 4 N–H and O–H groups in total. The van der Waals surface area contributed by atoms with E-state index in [1.165, 1.54) is 18.2 Å². The van der Waals surface area contributed by atoms with Crippen molar-refractivity contribution in [3.05, 3.63) is 23.8 Å². The van der Waals surface area contributed by atoms with Gasteiger partial charge in [0.15, 0.2) is 0 Å². The number of aromatic carboxylic acids is 1. The highest BCUT2D eigenvalue weighted by Gasteiger charge is 2.12. The molecule has 1 aromatic rings. The zero-order valence-corrected chi connectivity index (χ0v) is 11.9. The molecule has 0 heterocycles. The molecule has 6 heteroatoms.